The summed E-state index contributed by atoms with van der Waals surface area (Å²) in [6.07, 6.45) is 4.53. The number of hydrogen-bond acceptors (Lipinski definition) is 1. The Morgan fingerprint density at radius 3 is 2.47 bits per heavy atom. The average Bonchev–Trinajstić information content (AvgIpc) is 2.95. The number of rotatable bonds is 6. The highest BCUT2D eigenvalue weighted by Gasteiger charge is 2.39. The van der Waals surface area contributed by atoms with Crippen LogP contribution in [0.25, 0.3) is 0 Å². The van der Waals surface area contributed by atoms with E-state index in [4.69, 9.17) is 0 Å². The van der Waals surface area contributed by atoms with Crippen molar-refractivity contribution in [1.29, 1.82) is 0 Å². The molecule has 0 aromatic carbocycles. The molecule has 0 spiro atoms. The van der Waals surface area contributed by atoms with E-state index in [0.29, 0.717) is 12.0 Å². The summed E-state index contributed by atoms with van der Waals surface area (Å²) in [5.41, 5.74) is 1.31. The van der Waals surface area contributed by atoms with Crippen LogP contribution in [-0.2, 0) is 0 Å². The molecule has 0 saturated heterocycles. The van der Waals surface area contributed by atoms with Crippen LogP contribution in [0.1, 0.15) is 33.6 Å². The second-order valence-electron chi connectivity index (χ2n) is 5.01. The molecule has 0 aromatic rings. The van der Waals surface area contributed by atoms with Gasteiger partial charge in [-0.05, 0) is 31.7 Å². The Balaban J connectivity index is 2.62. The third kappa shape index (κ3) is 2.72. The second kappa shape index (κ2) is 4.98. The van der Waals surface area contributed by atoms with Crippen LogP contribution in [0.4, 0.5) is 0 Å². The first kappa shape index (κ1) is 12.5. The standard InChI is InChI=1S/C14H25N/c1-7-10(3)12(5)13(8-2)15(6)14-9-11(14)4/h8,10-11,13-14H,2,5,7,9H2,1,3-4,6H3/t10-,11?,13-,14?/m0/s1. The molecule has 1 aliphatic carbocycles. The molecule has 1 nitrogen and oxygen atoms in total. The minimum Gasteiger partial charge on any atom is -0.293 e. The minimum atomic E-state index is 0.356. The summed E-state index contributed by atoms with van der Waals surface area (Å²) in [5, 5.41) is 0. The van der Waals surface area contributed by atoms with Crippen molar-refractivity contribution >= 4 is 0 Å². The summed E-state index contributed by atoms with van der Waals surface area (Å²) < 4.78 is 0. The zero-order valence-electron chi connectivity index (χ0n) is 10.7. The van der Waals surface area contributed by atoms with E-state index in [-0.39, 0.29) is 0 Å². The van der Waals surface area contributed by atoms with E-state index in [1.54, 1.807) is 0 Å². The second-order valence-corrected chi connectivity index (χ2v) is 5.01. The molecule has 0 N–H and O–H groups in total. The Morgan fingerprint density at radius 2 is 2.13 bits per heavy atom. The van der Waals surface area contributed by atoms with Gasteiger partial charge in [0, 0.05) is 12.1 Å². The van der Waals surface area contributed by atoms with Gasteiger partial charge >= 0.3 is 0 Å². The van der Waals surface area contributed by atoms with Gasteiger partial charge < -0.3 is 0 Å². The summed E-state index contributed by atoms with van der Waals surface area (Å²) in [7, 11) is 2.20. The molecule has 15 heavy (non-hydrogen) atoms. The molecule has 1 saturated carbocycles. The number of nitrogens with zero attached hydrogens (tertiary/aromatic N) is 1. The predicted octanol–water partition coefficient (Wildman–Crippen LogP) is 3.48. The fraction of sp³-hybridized carbons (Fsp3) is 0.714. The third-order valence-electron chi connectivity index (χ3n) is 3.88. The first-order valence-corrected chi connectivity index (χ1v) is 6.06. The molecule has 0 bridgehead atoms. The van der Waals surface area contributed by atoms with E-state index in [2.05, 4.69) is 45.9 Å². The lowest BCUT2D eigenvalue weighted by atomic mass is 9.92. The van der Waals surface area contributed by atoms with E-state index in [9.17, 15) is 0 Å². The molecule has 0 radical (unpaired) electrons. The maximum absolute atomic E-state index is 4.24. The number of likely N-dealkylation sites (N-methyl/N-ethyl adjacent to an activating group) is 1. The molecular weight excluding hydrogens is 182 g/mol. The fourth-order valence-corrected chi connectivity index (χ4v) is 2.21. The zero-order valence-corrected chi connectivity index (χ0v) is 10.7. The smallest absolute Gasteiger partial charge is 0.0488 e. The summed E-state index contributed by atoms with van der Waals surface area (Å²) in [4.78, 5) is 2.44. The van der Waals surface area contributed by atoms with Crippen LogP contribution in [0.5, 0.6) is 0 Å². The van der Waals surface area contributed by atoms with Crippen molar-refractivity contribution in [2.24, 2.45) is 11.8 Å². The number of hydrogen-bond donors (Lipinski definition) is 0. The first-order chi connectivity index (χ1) is 7.02. The molecule has 1 rings (SSSR count). The topological polar surface area (TPSA) is 3.24 Å². The van der Waals surface area contributed by atoms with Gasteiger partial charge in [-0.25, -0.2) is 0 Å². The Hall–Kier alpha value is -0.560. The molecule has 86 valence electrons. The van der Waals surface area contributed by atoms with Crippen LogP contribution in [0.15, 0.2) is 24.8 Å². The first-order valence-electron chi connectivity index (χ1n) is 6.06. The quantitative estimate of drug-likeness (QED) is 0.603. The van der Waals surface area contributed by atoms with Crippen LogP contribution in [-0.4, -0.2) is 24.0 Å². The maximum atomic E-state index is 4.24. The highest BCUT2D eigenvalue weighted by atomic mass is 15.2. The van der Waals surface area contributed by atoms with Gasteiger partial charge in [-0.15, -0.1) is 6.58 Å². The summed E-state index contributed by atoms with van der Waals surface area (Å²) in [6, 6.07) is 1.10. The molecule has 1 aliphatic rings. The minimum absolute atomic E-state index is 0.356. The maximum Gasteiger partial charge on any atom is 0.0488 e. The average molecular weight is 207 g/mol. The van der Waals surface area contributed by atoms with Gasteiger partial charge in [0.1, 0.15) is 0 Å². The van der Waals surface area contributed by atoms with E-state index >= 15 is 0 Å². The normalized spacial score (nSPS) is 28.6. The Kier molecular flexibility index (Phi) is 4.15. The van der Waals surface area contributed by atoms with Crippen molar-refractivity contribution in [2.75, 3.05) is 7.05 Å². The van der Waals surface area contributed by atoms with E-state index < -0.39 is 0 Å². The van der Waals surface area contributed by atoms with Crippen molar-refractivity contribution in [3.63, 3.8) is 0 Å². The van der Waals surface area contributed by atoms with Gasteiger partial charge in [0.05, 0.1) is 0 Å². The van der Waals surface area contributed by atoms with Crippen LogP contribution in [0.3, 0.4) is 0 Å². The molecule has 1 heteroatoms. The molecule has 0 aromatic heterocycles. The molecule has 0 amide bonds. The van der Waals surface area contributed by atoms with Crippen molar-refractivity contribution in [3.05, 3.63) is 24.8 Å². The lowest BCUT2D eigenvalue weighted by Gasteiger charge is -2.30. The van der Waals surface area contributed by atoms with Gasteiger partial charge in [-0.2, -0.15) is 0 Å². The fourth-order valence-electron chi connectivity index (χ4n) is 2.21. The van der Waals surface area contributed by atoms with Crippen molar-refractivity contribution in [1.82, 2.24) is 4.90 Å². The van der Waals surface area contributed by atoms with Crippen LogP contribution >= 0.6 is 0 Å². The largest absolute Gasteiger partial charge is 0.293 e. The SMILES string of the molecule is C=C[C@@H](C(=C)[C@@H](C)CC)N(C)C1CC1C. The van der Waals surface area contributed by atoms with Gasteiger partial charge in [-0.1, -0.05) is 39.0 Å². The van der Waals surface area contributed by atoms with Gasteiger partial charge in [0.2, 0.25) is 0 Å². The Bertz CT molecular complexity index is 244. The van der Waals surface area contributed by atoms with Gasteiger partial charge in [-0.3, -0.25) is 4.90 Å². The third-order valence-corrected chi connectivity index (χ3v) is 3.88. The van der Waals surface area contributed by atoms with Gasteiger partial charge in [0.15, 0.2) is 0 Å². The molecule has 0 heterocycles. The molecular formula is C14H25N. The summed E-state index contributed by atoms with van der Waals surface area (Å²) in [6.45, 7) is 15.0. The monoisotopic (exact) mass is 207 g/mol. The summed E-state index contributed by atoms with van der Waals surface area (Å²) >= 11 is 0. The van der Waals surface area contributed by atoms with E-state index in [1.807, 2.05) is 6.08 Å². The van der Waals surface area contributed by atoms with Crippen molar-refractivity contribution in [3.8, 4) is 0 Å². The van der Waals surface area contributed by atoms with E-state index in [1.165, 1.54) is 12.0 Å². The molecule has 2 unspecified atom stereocenters. The van der Waals surface area contributed by atoms with Crippen molar-refractivity contribution < 1.29 is 0 Å². The Morgan fingerprint density at radius 1 is 1.60 bits per heavy atom. The molecule has 4 atom stereocenters. The van der Waals surface area contributed by atoms with Gasteiger partial charge in [0.25, 0.3) is 0 Å². The highest BCUT2D eigenvalue weighted by Crippen LogP contribution is 2.37. The zero-order chi connectivity index (χ0) is 11.6. The van der Waals surface area contributed by atoms with Crippen LogP contribution < -0.4 is 0 Å². The highest BCUT2D eigenvalue weighted by molar-refractivity contribution is 5.18. The van der Waals surface area contributed by atoms with Crippen molar-refractivity contribution in [2.45, 2.75) is 45.7 Å². The molecule has 1 fully saturated rings. The lowest BCUT2D eigenvalue weighted by molar-refractivity contribution is 0.276. The van der Waals surface area contributed by atoms with Crippen LogP contribution in [0, 0.1) is 11.8 Å². The molecule has 0 aliphatic heterocycles. The van der Waals surface area contributed by atoms with Crippen LogP contribution in [0.2, 0.25) is 0 Å². The predicted molar refractivity (Wildman–Crippen MR) is 67.9 cm³/mol. The van der Waals surface area contributed by atoms with E-state index in [0.717, 1.165) is 18.4 Å². The Labute approximate surface area is 94.9 Å². The summed E-state index contributed by atoms with van der Waals surface area (Å²) in [5.74, 6) is 1.44. The lowest BCUT2D eigenvalue weighted by Crippen LogP contribution is -2.35.